The van der Waals surface area contributed by atoms with Crippen molar-refractivity contribution in [3.8, 4) is 0 Å². The topological polar surface area (TPSA) is 58.4 Å². The van der Waals surface area contributed by atoms with Gasteiger partial charge in [-0.15, -0.1) is 4.48 Å². The summed E-state index contributed by atoms with van der Waals surface area (Å²) in [6.07, 6.45) is 0.669. The Kier molecular flexibility index (Phi) is 2.78. The average molecular weight is 161 g/mol. The molecule has 4 nitrogen and oxygen atoms in total. The molecule has 1 aliphatic rings. The second-order valence-electron chi connectivity index (χ2n) is 2.64. The summed E-state index contributed by atoms with van der Waals surface area (Å²) in [7, 11) is 0. The zero-order chi connectivity index (χ0) is 8.27. The van der Waals surface area contributed by atoms with Crippen LogP contribution >= 0.6 is 0 Å². The van der Waals surface area contributed by atoms with Crippen molar-refractivity contribution >= 4 is 5.91 Å². The van der Waals surface area contributed by atoms with Gasteiger partial charge in [0.05, 0.1) is 12.6 Å². The molecular formula is C6H12FN3O. The van der Waals surface area contributed by atoms with E-state index >= 15 is 0 Å². The summed E-state index contributed by atoms with van der Waals surface area (Å²) in [5.41, 5.74) is 6.77. The van der Waals surface area contributed by atoms with Crippen LogP contribution in [0.5, 0.6) is 0 Å². The van der Waals surface area contributed by atoms with Gasteiger partial charge in [-0.05, 0) is 6.42 Å². The molecule has 1 rings (SSSR count). The predicted octanol–water partition coefficient (Wildman–Crippen LogP) is -0.980. The number of carbonyl (C=O) groups is 1. The van der Waals surface area contributed by atoms with Crippen molar-refractivity contribution in [3.05, 3.63) is 0 Å². The quantitative estimate of drug-likeness (QED) is 0.512. The first kappa shape index (κ1) is 8.42. The Hall–Kier alpha value is -0.680. The van der Waals surface area contributed by atoms with Gasteiger partial charge in [-0.1, -0.05) is 0 Å². The lowest BCUT2D eigenvalue weighted by Gasteiger charge is -2.13. The smallest absolute Gasteiger partial charge is 0.236 e. The SMILES string of the molecule is NCC(=O)N1CCC(NF)C1. The Bertz CT molecular complexity index is 153. The first-order chi connectivity index (χ1) is 5.27. The van der Waals surface area contributed by atoms with Crippen molar-refractivity contribution in [2.75, 3.05) is 19.6 Å². The van der Waals surface area contributed by atoms with Crippen molar-refractivity contribution in [2.24, 2.45) is 5.73 Å². The number of nitrogens with two attached hydrogens (primary N) is 1. The van der Waals surface area contributed by atoms with E-state index in [1.165, 1.54) is 0 Å². The third kappa shape index (κ3) is 1.87. The van der Waals surface area contributed by atoms with Gasteiger partial charge in [0.25, 0.3) is 0 Å². The molecule has 1 saturated heterocycles. The highest BCUT2D eigenvalue weighted by atomic mass is 19.2. The zero-order valence-electron chi connectivity index (χ0n) is 6.22. The standard InChI is InChI=1S/C6H12FN3O/c7-9-5-1-2-10(4-5)6(11)3-8/h5,9H,1-4,8H2. The number of likely N-dealkylation sites (tertiary alicyclic amines) is 1. The van der Waals surface area contributed by atoms with Crippen molar-refractivity contribution < 1.29 is 9.28 Å². The first-order valence-electron chi connectivity index (χ1n) is 3.62. The lowest BCUT2D eigenvalue weighted by atomic mass is 10.3. The van der Waals surface area contributed by atoms with Crippen LogP contribution in [0, 0.1) is 0 Å². The number of hydrogen-bond acceptors (Lipinski definition) is 3. The molecule has 0 aromatic heterocycles. The molecule has 1 amide bonds. The molecule has 1 atom stereocenters. The molecule has 3 N–H and O–H groups in total. The Morgan fingerprint density at radius 1 is 1.82 bits per heavy atom. The molecule has 1 heterocycles. The monoisotopic (exact) mass is 161 g/mol. The third-order valence-corrected chi connectivity index (χ3v) is 1.87. The summed E-state index contributed by atoms with van der Waals surface area (Å²) in [5.74, 6) is -0.109. The molecule has 11 heavy (non-hydrogen) atoms. The summed E-state index contributed by atoms with van der Waals surface area (Å²) in [4.78, 5) is 12.5. The van der Waals surface area contributed by atoms with Gasteiger partial charge in [0.2, 0.25) is 5.91 Å². The highest BCUT2D eigenvalue weighted by Crippen LogP contribution is 2.08. The van der Waals surface area contributed by atoms with E-state index in [2.05, 4.69) is 0 Å². The Balaban J connectivity index is 2.35. The summed E-state index contributed by atoms with van der Waals surface area (Å²) >= 11 is 0. The van der Waals surface area contributed by atoms with Gasteiger partial charge in [-0.2, -0.15) is 5.54 Å². The van der Waals surface area contributed by atoms with Crippen molar-refractivity contribution in [2.45, 2.75) is 12.5 Å². The van der Waals surface area contributed by atoms with Crippen LogP contribution in [-0.4, -0.2) is 36.5 Å². The second-order valence-corrected chi connectivity index (χ2v) is 2.64. The molecule has 1 fully saturated rings. The Morgan fingerprint density at radius 3 is 3.00 bits per heavy atom. The van der Waals surface area contributed by atoms with E-state index in [0.717, 1.165) is 0 Å². The van der Waals surface area contributed by atoms with Crippen LogP contribution in [0.4, 0.5) is 4.48 Å². The van der Waals surface area contributed by atoms with Crippen LogP contribution in [0.25, 0.3) is 0 Å². The highest BCUT2D eigenvalue weighted by Gasteiger charge is 2.24. The van der Waals surface area contributed by atoms with Crippen LogP contribution in [0.1, 0.15) is 6.42 Å². The van der Waals surface area contributed by atoms with Crippen LogP contribution in [0.15, 0.2) is 0 Å². The molecular weight excluding hydrogens is 149 g/mol. The molecule has 0 aliphatic carbocycles. The maximum atomic E-state index is 11.8. The van der Waals surface area contributed by atoms with Crippen LogP contribution < -0.4 is 11.3 Å². The molecule has 1 aliphatic heterocycles. The molecule has 5 heteroatoms. The molecule has 0 bridgehead atoms. The van der Waals surface area contributed by atoms with Gasteiger partial charge < -0.3 is 10.6 Å². The van der Waals surface area contributed by atoms with Gasteiger partial charge >= 0.3 is 0 Å². The first-order valence-corrected chi connectivity index (χ1v) is 3.62. The number of nitrogens with one attached hydrogen (secondary N) is 1. The van der Waals surface area contributed by atoms with E-state index in [0.29, 0.717) is 19.5 Å². The number of rotatable bonds is 2. The number of hydrogen-bond donors (Lipinski definition) is 2. The maximum Gasteiger partial charge on any atom is 0.236 e. The zero-order valence-corrected chi connectivity index (χ0v) is 6.22. The van der Waals surface area contributed by atoms with E-state index < -0.39 is 0 Å². The average Bonchev–Trinajstić information content (AvgIpc) is 2.50. The highest BCUT2D eigenvalue weighted by molar-refractivity contribution is 5.78. The van der Waals surface area contributed by atoms with Crippen LogP contribution in [0.3, 0.4) is 0 Å². The van der Waals surface area contributed by atoms with Crippen molar-refractivity contribution in [1.29, 1.82) is 0 Å². The fraction of sp³-hybridized carbons (Fsp3) is 0.833. The molecule has 0 aromatic rings. The van der Waals surface area contributed by atoms with E-state index in [1.807, 2.05) is 0 Å². The van der Waals surface area contributed by atoms with Crippen LogP contribution in [0.2, 0.25) is 0 Å². The van der Waals surface area contributed by atoms with E-state index in [1.54, 1.807) is 10.4 Å². The third-order valence-electron chi connectivity index (χ3n) is 1.87. The fourth-order valence-corrected chi connectivity index (χ4v) is 1.20. The van der Waals surface area contributed by atoms with E-state index in [-0.39, 0.29) is 18.5 Å². The molecule has 64 valence electrons. The number of nitrogens with zero attached hydrogens (tertiary/aromatic N) is 1. The van der Waals surface area contributed by atoms with E-state index in [9.17, 15) is 9.28 Å². The molecule has 0 spiro atoms. The number of halogens is 1. The van der Waals surface area contributed by atoms with Crippen LogP contribution in [-0.2, 0) is 4.79 Å². The summed E-state index contributed by atoms with van der Waals surface area (Å²) < 4.78 is 11.8. The minimum Gasteiger partial charge on any atom is -0.340 e. The summed E-state index contributed by atoms with van der Waals surface area (Å²) in [5, 5.41) is 0. The summed E-state index contributed by atoms with van der Waals surface area (Å²) in [6, 6.07) is -0.203. The van der Waals surface area contributed by atoms with Gasteiger partial charge in [0.1, 0.15) is 0 Å². The van der Waals surface area contributed by atoms with Gasteiger partial charge in [-0.3, -0.25) is 4.79 Å². The molecule has 0 saturated carbocycles. The molecule has 1 unspecified atom stereocenters. The summed E-state index contributed by atoms with van der Waals surface area (Å²) in [6.45, 7) is 1.06. The largest absolute Gasteiger partial charge is 0.340 e. The van der Waals surface area contributed by atoms with Gasteiger partial charge in [0, 0.05) is 13.1 Å². The normalized spacial score (nSPS) is 24.2. The van der Waals surface area contributed by atoms with E-state index in [4.69, 9.17) is 5.73 Å². The Labute approximate surface area is 64.5 Å². The van der Waals surface area contributed by atoms with Gasteiger partial charge in [-0.25, -0.2) is 0 Å². The minimum atomic E-state index is -0.203. The Morgan fingerprint density at radius 2 is 2.55 bits per heavy atom. The van der Waals surface area contributed by atoms with Crippen molar-refractivity contribution in [3.63, 3.8) is 0 Å². The molecule has 0 aromatic carbocycles. The lowest BCUT2D eigenvalue weighted by molar-refractivity contribution is -0.128. The number of carbonyl (C=O) groups excluding carboxylic acids is 1. The number of amides is 1. The maximum absolute atomic E-state index is 11.8. The second kappa shape index (κ2) is 3.64. The minimum absolute atomic E-state index is 0.0129. The lowest BCUT2D eigenvalue weighted by Crippen LogP contribution is -2.36. The fourth-order valence-electron chi connectivity index (χ4n) is 1.20. The predicted molar refractivity (Wildman–Crippen MR) is 38.3 cm³/mol. The van der Waals surface area contributed by atoms with Gasteiger partial charge in [0.15, 0.2) is 0 Å². The van der Waals surface area contributed by atoms with Crippen molar-refractivity contribution in [1.82, 2.24) is 10.4 Å². The molecule has 0 radical (unpaired) electrons.